The molecule has 0 fully saturated rings. The number of carbonyl (C=O) groups is 1. The highest BCUT2D eigenvalue weighted by atomic mass is 32.2. The normalized spacial score (nSPS) is 11.3. The second-order valence-corrected chi connectivity index (χ2v) is 7.49. The summed E-state index contributed by atoms with van der Waals surface area (Å²) in [4.78, 5) is 12.2. The van der Waals surface area contributed by atoms with Gasteiger partial charge >= 0.3 is 6.61 Å². The second kappa shape index (κ2) is 9.47. The quantitative estimate of drug-likeness (QED) is 0.656. The van der Waals surface area contributed by atoms with Gasteiger partial charge in [0.05, 0.1) is 12.0 Å². The van der Waals surface area contributed by atoms with Crippen LogP contribution in [0.25, 0.3) is 0 Å². The Balaban J connectivity index is 1.96. The maximum Gasteiger partial charge on any atom is 0.387 e. The Morgan fingerprint density at radius 2 is 1.79 bits per heavy atom. The highest BCUT2D eigenvalue weighted by Crippen LogP contribution is 2.29. The Hall–Kier alpha value is -2.72. The van der Waals surface area contributed by atoms with Gasteiger partial charge in [0.25, 0.3) is 5.91 Å². The highest BCUT2D eigenvalue weighted by molar-refractivity contribution is 7.89. The van der Waals surface area contributed by atoms with Crippen LogP contribution in [0.2, 0.25) is 0 Å². The molecule has 0 saturated heterocycles. The summed E-state index contributed by atoms with van der Waals surface area (Å²) in [7, 11) is -0.923. The van der Waals surface area contributed by atoms with Crippen LogP contribution in [0.3, 0.4) is 0 Å². The molecule has 0 aromatic heterocycles. The summed E-state index contributed by atoms with van der Waals surface area (Å²) < 4.78 is 59.9. The van der Waals surface area contributed by atoms with Crippen molar-refractivity contribution < 1.29 is 31.5 Å². The molecule has 0 heterocycles. The van der Waals surface area contributed by atoms with Crippen molar-refractivity contribution in [3.63, 3.8) is 0 Å². The van der Waals surface area contributed by atoms with Gasteiger partial charge < -0.3 is 14.8 Å². The number of alkyl halides is 2. The van der Waals surface area contributed by atoms with Gasteiger partial charge in [-0.1, -0.05) is 6.07 Å². The summed E-state index contributed by atoms with van der Waals surface area (Å²) in [5, 5.41) is 2.68. The first-order valence-corrected chi connectivity index (χ1v) is 9.68. The minimum absolute atomic E-state index is 0.0522. The zero-order valence-electron chi connectivity index (χ0n) is 15.2. The molecule has 10 heteroatoms. The second-order valence-electron chi connectivity index (χ2n) is 5.60. The number of benzene rings is 2. The van der Waals surface area contributed by atoms with Crippen LogP contribution in [-0.2, 0) is 16.4 Å². The number of sulfonamides is 1. The van der Waals surface area contributed by atoms with E-state index >= 15 is 0 Å². The number of nitrogens with one attached hydrogen (secondary N) is 2. The number of halogens is 2. The molecule has 1 amide bonds. The average molecular weight is 414 g/mol. The van der Waals surface area contributed by atoms with Crippen molar-refractivity contribution in [3.8, 4) is 11.5 Å². The highest BCUT2D eigenvalue weighted by Gasteiger charge is 2.13. The predicted octanol–water partition coefficient (Wildman–Crippen LogP) is 2.18. The maximum atomic E-state index is 12.5. The van der Waals surface area contributed by atoms with E-state index in [1.54, 1.807) is 6.07 Å². The summed E-state index contributed by atoms with van der Waals surface area (Å²) in [5.41, 5.74) is 0.971. The van der Waals surface area contributed by atoms with E-state index in [4.69, 9.17) is 4.74 Å². The van der Waals surface area contributed by atoms with E-state index in [2.05, 4.69) is 14.8 Å². The van der Waals surface area contributed by atoms with Crippen molar-refractivity contribution in [1.82, 2.24) is 10.0 Å². The van der Waals surface area contributed by atoms with E-state index in [-0.39, 0.29) is 28.8 Å². The number of hydrogen-bond donors (Lipinski definition) is 2. The molecule has 28 heavy (non-hydrogen) atoms. The minimum atomic E-state index is -3.57. The van der Waals surface area contributed by atoms with Gasteiger partial charge in [0.15, 0.2) is 11.5 Å². The Kier molecular flexibility index (Phi) is 7.30. The topological polar surface area (TPSA) is 93.7 Å². The lowest BCUT2D eigenvalue weighted by atomic mass is 10.1. The van der Waals surface area contributed by atoms with E-state index in [9.17, 15) is 22.0 Å². The third kappa shape index (κ3) is 5.64. The van der Waals surface area contributed by atoms with Crippen molar-refractivity contribution >= 4 is 15.9 Å². The first kappa shape index (κ1) is 21.6. The van der Waals surface area contributed by atoms with Crippen LogP contribution in [0.5, 0.6) is 11.5 Å². The van der Waals surface area contributed by atoms with E-state index in [1.807, 2.05) is 0 Å². The molecule has 0 unspecified atom stereocenters. The molecular formula is C18H20F2N2O5S. The standard InChI is InChI=1S/C18H20F2N2O5S/c1-21-28(24,25)14-6-4-13(5-7-14)17(23)22-10-9-12-3-8-15(26-2)16(11-12)27-18(19)20/h3-8,11,18,21H,9-10H2,1-2H3,(H,22,23). The lowest BCUT2D eigenvalue weighted by Gasteiger charge is -2.12. The van der Waals surface area contributed by atoms with Crippen LogP contribution in [0.4, 0.5) is 8.78 Å². The van der Waals surface area contributed by atoms with Gasteiger partial charge in [-0.2, -0.15) is 8.78 Å². The zero-order chi connectivity index (χ0) is 20.7. The van der Waals surface area contributed by atoms with Crippen LogP contribution < -0.4 is 19.5 Å². The SMILES string of the molecule is CNS(=O)(=O)c1ccc(C(=O)NCCc2ccc(OC)c(OC(F)F)c2)cc1. The molecule has 0 bridgehead atoms. The number of methoxy groups -OCH3 is 1. The summed E-state index contributed by atoms with van der Waals surface area (Å²) >= 11 is 0. The molecule has 0 atom stereocenters. The van der Waals surface area contributed by atoms with Gasteiger partial charge in [-0.25, -0.2) is 13.1 Å². The molecule has 152 valence electrons. The minimum Gasteiger partial charge on any atom is -0.493 e. The van der Waals surface area contributed by atoms with Gasteiger partial charge in [-0.3, -0.25) is 4.79 Å². The molecule has 0 aliphatic heterocycles. The number of amides is 1. The number of hydrogen-bond acceptors (Lipinski definition) is 5. The molecule has 2 rings (SSSR count). The van der Waals surface area contributed by atoms with Gasteiger partial charge in [-0.05, 0) is 55.4 Å². The number of rotatable bonds is 9. The third-order valence-electron chi connectivity index (χ3n) is 3.84. The number of ether oxygens (including phenoxy) is 2. The number of carbonyl (C=O) groups excluding carboxylic acids is 1. The Morgan fingerprint density at radius 3 is 2.36 bits per heavy atom. The van der Waals surface area contributed by atoms with Gasteiger partial charge in [-0.15, -0.1) is 0 Å². The summed E-state index contributed by atoms with van der Waals surface area (Å²) in [6.07, 6.45) is 0.377. The van der Waals surface area contributed by atoms with Crippen molar-refractivity contribution in [2.45, 2.75) is 17.9 Å². The van der Waals surface area contributed by atoms with Crippen LogP contribution in [0, 0.1) is 0 Å². The first-order chi connectivity index (χ1) is 13.3. The molecule has 2 N–H and O–H groups in total. The van der Waals surface area contributed by atoms with E-state index < -0.39 is 16.6 Å². The fourth-order valence-electron chi connectivity index (χ4n) is 2.39. The molecule has 0 radical (unpaired) electrons. The van der Waals surface area contributed by atoms with E-state index in [0.29, 0.717) is 17.5 Å². The molecule has 0 aliphatic rings. The lowest BCUT2D eigenvalue weighted by molar-refractivity contribution is -0.0512. The Labute approximate surface area is 161 Å². The molecule has 7 nitrogen and oxygen atoms in total. The molecule has 0 aliphatic carbocycles. The Bertz CT molecular complexity index is 918. The zero-order valence-corrected chi connectivity index (χ0v) is 16.1. The van der Waals surface area contributed by atoms with Gasteiger partial charge in [0.1, 0.15) is 0 Å². The first-order valence-electron chi connectivity index (χ1n) is 8.20. The molecule has 0 spiro atoms. The van der Waals surface area contributed by atoms with Crippen LogP contribution >= 0.6 is 0 Å². The molecular weight excluding hydrogens is 394 g/mol. The van der Waals surface area contributed by atoms with Crippen molar-refractivity contribution in [2.24, 2.45) is 0 Å². The van der Waals surface area contributed by atoms with Crippen LogP contribution in [0.15, 0.2) is 47.4 Å². The third-order valence-corrected chi connectivity index (χ3v) is 5.27. The summed E-state index contributed by atoms with van der Waals surface area (Å²) in [5.74, 6) is -0.279. The van der Waals surface area contributed by atoms with Crippen LogP contribution in [-0.4, -0.2) is 41.6 Å². The lowest BCUT2D eigenvalue weighted by Crippen LogP contribution is -2.26. The molecule has 0 saturated carbocycles. The van der Waals surface area contributed by atoms with Crippen molar-refractivity contribution in [3.05, 3.63) is 53.6 Å². The van der Waals surface area contributed by atoms with Crippen LogP contribution in [0.1, 0.15) is 15.9 Å². The fraction of sp³-hybridized carbons (Fsp3) is 0.278. The van der Waals surface area contributed by atoms with E-state index in [1.165, 1.54) is 50.6 Å². The Morgan fingerprint density at radius 1 is 1.11 bits per heavy atom. The van der Waals surface area contributed by atoms with Gasteiger partial charge in [0.2, 0.25) is 10.0 Å². The van der Waals surface area contributed by atoms with Crippen molar-refractivity contribution in [1.29, 1.82) is 0 Å². The molecule has 2 aromatic carbocycles. The fourth-order valence-corrected chi connectivity index (χ4v) is 3.12. The largest absolute Gasteiger partial charge is 0.493 e. The van der Waals surface area contributed by atoms with E-state index in [0.717, 1.165) is 0 Å². The maximum absolute atomic E-state index is 12.5. The predicted molar refractivity (Wildman–Crippen MR) is 98.4 cm³/mol. The monoisotopic (exact) mass is 414 g/mol. The average Bonchev–Trinajstić information content (AvgIpc) is 2.67. The van der Waals surface area contributed by atoms with Gasteiger partial charge in [0, 0.05) is 12.1 Å². The molecule has 2 aromatic rings. The smallest absolute Gasteiger partial charge is 0.387 e. The van der Waals surface area contributed by atoms with Crippen molar-refractivity contribution in [2.75, 3.05) is 20.7 Å². The summed E-state index contributed by atoms with van der Waals surface area (Å²) in [6.45, 7) is -2.73. The summed E-state index contributed by atoms with van der Waals surface area (Å²) in [6, 6.07) is 10.1.